The maximum Gasteiger partial charge on any atom is 0.319 e. The van der Waals surface area contributed by atoms with Gasteiger partial charge < -0.3 is 26.0 Å². The molecule has 0 bridgehead atoms. The van der Waals surface area contributed by atoms with E-state index < -0.39 is 34.9 Å². The number of aliphatic hydroxyl groups excluding tert-OH is 1. The summed E-state index contributed by atoms with van der Waals surface area (Å²) in [5, 5.41) is 20.5. The van der Waals surface area contributed by atoms with E-state index in [1.165, 1.54) is 16.7 Å². The molecule has 8 nitrogen and oxygen atoms in total. The molecule has 240 valence electrons. The highest BCUT2D eigenvalue weighted by atomic mass is 32.2. The van der Waals surface area contributed by atoms with Gasteiger partial charge in [0.2, 0.25) is 5.91 Å². The van der Waals surface area contributed by atoms with Crippen molar-refractivity contribution >= 4 is 35.3 Å². The molecule has 3 aromatic carbocycles. The van der Waals surface area contributed by atoms with Crippen LogP contribution in [0, 0.1) is 13.8 Å². The number of hydrogen-bond acceptors (Lipinski definition) is 5. The quantitative estimate of drug-likeness (QED) is 0.243. The lowest BCUT2D eigenvalue weighted by atomic mass is 9.84. The van der Waals surface area contributed by atoms with Crippen LogP contribution in [-0.4, -0.2) is 56.7 Å². The molecule has 0 unspecified atom stereocenters. The highest BCUT2D eigenvalue weighted by Crippen LogP contribution is 2.40. The molecule has 1 aliphatic rings. The lowest BCUT2D eigenvalue weighted by molar-refractivity contribution is -0.147. The van der Waals surface area contributed by atoms with Crippen LogP contribution in [-0.2, 0) is 28.0 Å². The first-order valence-corrected chi connectivity index (χ1v) is 16.3. The van der Waals surface area contributed by atoms with Crippen molar-refractivity contribution in [1.29, 1.82) is 0 Å². The monoisotopic (exact) mass is 630 g/mol. The minimum Gasteiger partial charge on any atom is -0.381 e. The number of rotatable bonds is 9. The van der Waals surface area contributed by atoms with Crippen molar-refractivity contribution in [1.82, 2.24) is 15.5 Å². The Bertz CT molecular complexity index is 1520. The molecule has 1 saturated heterocycles. The molecule has 4 N–H and O–H groups in total. The van der Waals surface area contributed by atoms with Gasteiger partial charge in [0.1, 0.15) is 6.04 Å². The first-order valence-electron chi connectivity index (χ1n) is 15.4. The average molecular weight is 631 g/mol. The second kappa shape index (κ2) is 14.1. The number of thioether (sulfide) groups is 1. The van der Waals surface area contributed by atoms with Crippen LogP contribution < -0.4 is 16.0 Å². The van der Waals surface area contributed by atoms with Crippen molar-refractivity contribution in [2.75, 3.05) is 11.2 Å². The van der Waals surface area contributed by atoms with E-state index >= 15 is 0 Å². The highest BCUT2D eigenvalue weighted by Gasteiger charge is 2.49. The van der Waals surface area contributed by atoms with Gasteiger partial charge in [-0.25, -0.2) is 4.79 Å². The number of nitrogens with zero attached hydrogens (tertiary/aromatic N) is 1. The zero-order valence-corrected chi connectivity index (χ0v) is 28.1. The normalized spacial score (nSPS) is 17.3. The van der Waals surface area contributed by atoms with Crippen molar-refractivity contribution in [3.8, 4) is 0 Å². The number of benzene rings is 3. The minimum atomic E-state index is -1.59. The van der Waals surface area contributed by atoms with Gasteiger partial charge in [-0.3, -0.25) is 9.59 Å². The van der Waals surface area contributed by atoms with Gasteiger partial charge in [-0.15, -0.1) is 11.8 Å². The van der Waals surface area contributed by atoms with Crippen molar-refractivity contribution in [3.05, 3.63) is 101 Å². The summed E-state index contributed by atoms with van der Waals surface area (Å²) in [4.78, 5) is 42.5. The molecule has 1 heterocycles. The van der Waals surface area contributed by atoms with Crippen LogP contribution in [0.5, 0.6) is 0 Å². The summed E-state index contributed by atoms with van der Waals surface area (Å²) in [6, 6.07) is 20.8. The topological polar surface area (TPSA) is 111 Å². The van der Waals surface area contributed by atoms with Crippen LogP contribution in [0.15, 0.2) is 72.8 Å². The minimum absolute atomic E-state index is 0.218. The Hall–Kier alpha value is -3.82. The molecule has 4 rings (SSSR count). The van der Waals surface area contributed by atoms with E-state index in [1.807, 2.05) is 100 Å². The van der Waals surface area contributed by atoms with Gasteiger partial charge in [-0.05, 0) is 67.3 Å². The molecule has 9 heteroatoms. The summed E-state index contributed by atoms with van der Waals surface area (Å²) in [5.74, 6) is -0.640. The number of nitrogens with one attached hydrogen (secondary N) is 3. The highest BCUT2D eigenvalue weighted by molar-refractivity contribution is 8.00. The second-order valence-corrected chi connectivity index (χ2v) is 14.9. The molecule has 3 atom stereocenters. The number of amides is 4. The summed E-state index contributed by atoms with van der Waals surface area (Å²) in [5.41, 5.74) is 5.27. The van der Waals surface area contributed by atoms with E-state index in [0.717, 1.165) is 27.8 Å². The fourth-order valence-corrected chi connectivity index (χ4v) is 6.87. The number of urea groups is 1. The predicted octanol–water partition coefficient (Wildman–Crippen LogP) is 5.69. The number of hydrogen-bond donors (Lipinski definition) is 4. The van der Waals surface area contributed by atoms with E-state index in [2.05, 4.69) is 36.7 Å². The summed E-state index contributed by atoms with van der Waals surface area (Å²) >= 11 is 1.48. The zero-order valence-electron chi connectivity index (χ0n) is 27.3. The standard InChI is InChI=1S/C36H46N4O4S/c1-23-14-11-12-18-26(23)21-37-32(42)31-36(6,7)45-22-40(31)33(43)30(41)28(20-25-16-9-8-10-17-25)38-34(44)39-29-24(2)15-13-19-27(29)35(3,4)5/h8-19,28,30-31,41H,20-22H2,1-7H3,(H,37,42)(H2,38,39,44)/t28-,30-,31+/m0/s1. The van der Waals surface area contributed by atoms with Crippen LogP contribution in [0.1, 0.15) is 62.4 Å². The fourth-order valence-electron chi connectivity index (χ4n) is 5.73. The van der Waals surface area contributed by atoms with Crippen molar-refractivity contribution in [3.63, 3.8) is 0 Å². The molecule has 0 aromatic heterocycles. The molecule has 1 aliphatic heterocycles. The Morgan fingerprint density at radius 1 is 0.956 bits per heavy atom. The van der Waals surface area contributed by atoms with Gasteiger partial charge in [0.15, 0.2) is 6.10 Å². The van der Waals surface area contributed by atoms with Crippen molar-refractivity contribution < 1.29 is 19.5 Å². The third-order valence-corrected chi connectivity index (χ3v) is 9.73. The fraction of sp³-hybridized carbons (Fsp3) is 0.417. The lowest BCUT2D eigenvalue weighted by Crippen LogP contribution is -2.59. The number of aryl methyl sites for hydroxylation is 2. The smallest absolute Gasteiger partial charge is 0.319 e. The number of anilines is 1. The van der Waals surface area contributed by atoms with Crippen molar-refractivity contribution in [2.45, 2.75) is 89.8 Å². The Morgan fingerprint density at radius 2 is 1.60 bits per heavy atom. The molecule has 0 radical (unpaired) electrons. The largest absolute Gasteiger partial charge is 0.381 e. The molecule has 0 aliphatic carbocycles. The van der Waals surface area contributed by atoms with Gasteiger partial charge in [-0.1, -0.05) is 93.6 Å². The van der Waals surface area contributed by atoms with Crippen LogP contribution in [0.25, 0.3) is 0 Å². The van der Waals surface area contributed by atoms with Crippen LogP contribution in [0.2, 0.25) is 0 Å². The van der Waals surface area contributed by atoms with Gasteiger partial charge in [0.25, 0.3) is 5.91 Å². The molecule has 45 heavy (non-hydrogen) atoms. The maximum atomic E-state index is 14.0. The molecule has 0 spiro atoms. The molecular weight excluding hydrogens is 584 g/mol. The molecule has 1 fully saturated rings. The van der Waals surface area contributed by atoms with Gasteiger partial charge in [-0.2, -0.15) is 0 Å². The Kier molecular flexibility index (Phi) is 10.7. The number of para-hydroxylation sites is 1. The summed E-state index contributed by atoms with van der Waals surface area (Å²) in [7, 11) is 0. The van der Waals surface area contributed by atoms with E-state index in [4.69, 9.17) is 0 Å². The Balaban J connectivity index is 1.56. The Labute approximate surface area is 271 Å². The maximum absolute atomic E-state index is 14.0. The van der Waals surface area contributed by atoms with Crippen LogP contribution in [0.4, 0.5) is 10.5 Å². The molecule has 0 saturated carbocycles. The molecule has 4 amide bonds. The summed E-state index contributed by atoms with van der Waals surface area (Å²) in [6.45, 7) is 14.3. The SMILES string of the molecule is Cc1ccccc1CNC(=O)[C@H]1N(C(=O)[C@@H](O)[C@H](Cc2ccccc2)NC(=O)Nc2c(C)cccc2C(C)(C)C)CSC1(C)C. The van der Waals surface area contributed by atoms with E-state index in [9.17, 15) is 19.5 Å². The van der Waals surface area contributed by atoms with Gasteiger partial charge >= 0.3 is 6.03 Å². The van der Waals surface area contributed by atoms with E-state index in [0.29, 0.717) is 12.2 Å². The third-order valence-electron chi connectivity index (χ3n) is 8.36. The summed E-state index contributed by atoms with van der Waals surface area (Å²) in [6.07, 6.45) is -1.37. The Morgan fingerprint density at radius 3 is 2.27 bits per heavy atom. The van der Waals surface area contributed by atoms with Crippen molar-refractivity contribution in [2.24, 2.45) is 0 Å². The van der Waals surface area contributed by atoms with E-state index in [1.54, 1.807) is 0 Å². The zero-order chi connectivity index (χ0) is 32.9. The lowest BCUT2D eigenvalue weighted by Gasteiger charge is -2.33. The van der Waals surface area contributed by atoms with Gasteiger partial charge in [0, 0.05) is 17.0 Å². The third kappa shape index (κ3) is 8.27. The number of carbonyl (C=O) groups is 3. The first kappa shape index (κ1) is 34.1. The average Bonchev–Trinajstić information content (AvgIpc) is 3.31. The number of aliphatic hydroxyl groups is 1. The predicted molar refractivity (Wildman–Crippen MR) is 182 cm³/mol. The van der Waals surface area contributed by atoms with Gasteiger partial charge in [0.05, 0.1) is 11.9 Å². The second-order valence-electron chi connectivity index (χ2n) is 13.3. The van der Waals surface area contributed by atoms with Crippen LogP contribution in [0.3, 0.4) is 0 Å². The first-order chi connectivity index (χ1) is 21.2. The van der Waals surface area contributed by atoms with E-state index in [-0.39, 0.29) is 23.6 Å². The molecule has 3 aromatic rings. The van der Waals surface area contributed by atoms with Crippen LogP contribution >= 0.6 is 11.8 Å². The number of carbonyl (C=O) groups excluding carboxylic acids is 3. The molecular formula is C36H46N4O4S. The summed E-state index contributed by atoms with van der Waals surface area (Å²) < 4.78 is -0.584.